The summed E-state index contributed by atoms with van der Waals surface area (Å²) in [5.41, 5.74) is 1.09. The predicted octanol–water partition coefficient (Wildman–Crippen LogP) is 4.66. The molecule has 0 unspecified atom stereocenters. The molecule has 0 bridgehead atoms. The fourth-order valence-corrected chi connectivity index (χ4v) is 2.85. The van der Waals surface area contributed by atoms with Crippen LogP contribution in [0, 0.1) is 21.4 Å². The second-order valence-corrected chi connectivity index (χ2v) is 6.67. The van der Waals surface area contributed by atoms with Crippen molar-refractivity contribution in [1.82, 2.24) is 0 Å². The molecule has 0 atom stereocenters. The Bertz CT molecular complexity index is 1260. The number of carbonyl (C=O) groups excluding carboxylic acids is 1. The normalized spacial score (nSPS) is 10.8. The van der Waals surface area contributed by atoms with Gasteiger partial charge < -0.3 is 9.84 Å². The number of allylic oxidation sites excluding steroid dienone is 1. The maximum absolute atomic E-state index is 12.6. The molecular formula is C24H16N2O6. The van der Waals surface area contributed by atoms with E-state index in [4.69, 9.17) is 9.84 Å². The van der Waals surface area contributed by atoms with E-state index >= 15 is 0 Å². The molecule has 0 aliphatic heterocycles. The van der Waals surface area contributed by atoms with Crippen molar-refractivity contribution in [3.8, 4) is 11.8 Å². The van der Waals surface area contributed by atoms with Gasteiger partial charge in [0.1, 0.15) is 24.0 Å². The Morgan fingerprint density at radius 2 is 1.72 bits per heavy atom. The maximum Gasteiger partial charge on any atom is 0.335 e. The van der Waals surface area contributed by atoms with E-state index in [1.54, 1.807) is 36.4 Å². The zero-order valence-electron chi connectivity index (χ0n) is 16.6. The van der Waals surface area contributed by atoms with Gasteiger partial charge in [0, 0.05) is 17.7 Å². The molecule has 0 aliphatic carbocycles. The van der Waals surface area contributed by atoms with Gasteiger partial charge in [-0.05, 0) is 41.5 Å². The molecule has 3 aromatic carbocycles. The van der Waals surface area contributed by atoms with Crippen molar-refractivity contribution in [3.63, 3.8) is 0 Å². The van der Waals surface area contributed by atoms with E-state index < -0.39 is 16.7 Å². The molecule has 0 aromatic heterocycles. The summed E-state index contributed by atoms with van der Waals surface area (Å²) in [7, 11) is 0. The van der Waals surface area contributed by atoms with Gasteiger partial charge in [0.05, 0.1) is 10.5 Å². The molecule has 0 heterocycles. The Morgan fingerprint density at radius 1 is 1.03 bits per heavy atom. The number of hydrogen-bond donors (Lipinski definition) is 1. The lowest BCUT2D eigenvalue weighted by Gasteiger charge is -2.07. The molecule has 0 fully saturated rings. The van der Waals surface area contributed by atoms with Crippen LogP contribution in [0.15, 0.2) is 78.4 Å². The molecule has 32 heavy (non-hydrogen) atoms. The number of nitrogens with zero attached hydrogens (tertiary/aromatic N) is 2. The van der Waals surface area contributed by atoms with E-state index in [2.05, 4.69) is 0 Å². The van der Waals surface area contributed by atoms with Crippen LogP contribution in [0.25, 0.3) is 6.08 Å². The van der Waals surface area contributed by atoms with Crippen LogP contribution < -0.4 is 4.74 Å². The topological polar surface area (TPSA) is 131 Å². The minimum Gasteiger partial charge on any atom is -0.489 e. The number of rotatable bonds is 8. The van der Waals surface area contributed by atoms with Crippen LogP contribution >= 0.6 is 0 Å². The van der Waals surface area contributed by atoms with Crippen LogP contribution in [0.2, 0.25) is 0 Å². The van der Waals surface area contributed by atoms with Gasteiger partial charge in [-0.15, -0.1) is 0 Å². The van der Waals surface area contributed by atoms with Crippen LogP contribution in [-0.2, 0) is 6.61 Å². The monoisotopic (exact) mass is 428 g/mol. The highest BCUT2D eigenvalue weighted by Crippen LogP contribution is 2.20. The second-order valence-electron chi connectivity index (χ2n) is 6.67. The number of carboxylic acid groups (broad SMARTS) is 1. The number of nitro benzene ring substituents is 1. The fourth-order valence-electron chi connectivity index (χ4n) is 2.85. The largest absolute Gasteiger partial charge is 0.489 e. The van der Waals surface area contributed by atoms with E-state index in [0.717, 1.165) is 6.07 Å². The Labute approximate surface area is 182 Å². The molecule has 3 aromatic rings. The highest BCUT2D eigenvalue weighted by molar-refractivity contribution is 6.14. The molecule has 8 nitrogen and oxygen atoms in total. The molecule has 0 amide bonds. The number of non-ortho nitro benzene ring substituents is 1. The summed E-state index contributed by atoms with van der Waals surface area (Å²) < 4.78 is 5.66. The van der Waals surface area contributed by atoms with Gasteiger partial charge in [-0.25, -0.2) is 4.79 Å². The van der Waals surface area contributed by atoms with Crippen LogP contribution in [0.5, 0.6) is 5.75 Å². The Balaban J connectivity index is 1.72. The van der Waals surface area contributed by atoms with Gasteiger partial charge in [0.15, 0.2) is 0 Å². The first-order valence-electron chi connectivity index (χ1n) is 9.33. The number of carboxylic acids is 1. The van der Waals surface area contributed by atoms with Crippen molar-refractivity contribution in [2.45, 2.75) is 6.61 Å². The van der Waals surface area contributed by atoms with Gasteiger partial charge in [-0.2, -0.15) is 5.26 Å². The average molecular weight is 428 g/mol. The first-order chi connectivity index (χ1) is 15.4. The highest BCUT2D eigenvalue weighted by atomic mass is 16.6. The predicted molar refractivity (Wildman–Crippen MR) is 115 cm³/mol. The average Bonchev–Trinajstić information content (AvgIpc) is 2.81. The first kappa shape index (κ1) is 21.9. The van der Waals surface area contributed by atoms with E-state index in [-0.39, 0.29) is 29.0 Å². The molecule has 158 valence electrons. The van der Waals surface area contributed by atoms with Gasteiger partial charge in [-0.1, -0.05) is 36.4 Å². The summed E-state index contributed by atoms with van der Waals surface area (Å²) in [6.07, 6.45) is 1.39. The molecule has 3 rings (SSSR count). The van der Waals surface area contributed by atoms with E-state index in [9.17, 15) is 25.0 Å². The second kappa shape index (κ2) is 9.82. The first-order valence-corrected chi connectivity index (χ1v) is 9.33. The SMILES string of the molecule is N#C/C(=C\c1ccc(OCc2cccc(C(=O)O)c2)cc1)C(=O)c1cccc([N+](=O)[O-])c1. The van der Waals surface area contributed by atoms with Crippen molar-refractivity contribution in [3.05, 3.63) is 111 Å². The van der Waals surface area contributed by atoms with Crippen LogP contribution in [0.3, 0.4) is 0 Å². The van der Waals surface area contributed by atoms with Crippen LogP contribution in [0.4, 0.5) is 5.69 Å². The number of benzene rings is 3. The molecule has 0 spiro atoms. The summed E-state index contributed by atoms with van der Waals surface area (Å²) in [4.78, 5) is 33.9. The number of aromatic carboxylic acids is 1. The Hall–Kier alpha value is -4.77. The number of hydrogen-bond acceptors (Lipinski definition) is 6. The molecule has 8 heteroatoms. The lowest BCUT2D eigenvalue weighted by atomic mass is 10.0. The van der Waals surface area contributed by atoms with Crippen molar-refractivity contribution < 1.29 is 24.4 Å². The number of carbonyl (C=O) groups is 2. The van der Waals surface area contributed by atoms with Crippen molar-refractivity contribution in [2.75, 3.05) is 0 Å². The summed E-state index contributed by atoms with van der Waals surface area (Å²) in [6, 6.07) is 20.1. The Morgan fingerprint density at radius 3 is 2.38 bits per heavy atom. The molecule has 0 radical (unpaired) electrons. The quantitative estimate of drug-likeness (QED) is 0.181. The lowest BCUT2D eigenvalue weighted by molar-refractivity contribution is -0.384. The van der Waals surface area contributed by atoms with Crippen molar-refractivity contribution in [1.29, 1.82) is 5.26 Å². The standard InChI is InChI=1S/C24H16N2O6/c25-14-20(23(27)18-4-2-6-21(13-18)26(30)31)11-16-7-9-22(10-8-16)32-15-17-3-1-5-19(12-17)24(28)29/h1-13H,15H2,(H,28,29)/b20-11+. The zero-order chi connectivity index (χ0) is 23.1. The summed E-state index contributed by atoms with van der Waals surface area (Å²) in [5, 5.41) is 29.3. The number of Topliss-reactive ketones (excluding diaryl/α,β-unsaturated/α-hetero) is 1. The van der Waals surface area contributed by atoms with Crippen molar-refractivity contribution >= 4 is 23.5 Å². The van der Waals surface area contributed by atoms with E-state index in [0.29, 0.717) is 16.9 Å². The molecule has 0 saturated heterocycles. The molecular weight excluding hydrogens is 412 g/mol. The lowest BCUT2D eigenvalue weighted by Crippen LogP contribution is -2.03. The third kappa shape index (κ3) is 5.43. The number of ether oxygens (including phenoxy) is 1. The van der Waals surface area contributed by atoms with Gasteiger partial charge >= 0.3 is 5.97 Å². The van der Waals surface area contributed by atoms with Crippen LogP contribution in [-0.4, -0.2) is 21.8 Å². The molecule has 1 N–H and O–H groups in total. The van der Waals surface area contributed by atoms with E-state index in [1.807, 2.05) is 6.07 Å². The highest BCUT2D eigenvalue weighted by Gasteiger charge is 2.15. The molecule has 0 saturated carbocycles. The zero-order valence-corrected chi connectivity index (χ0v) is 16.6. The molecule has 0 aliphatic rings. The Kier molecular flexibility index (Phi) is 6.73. The number of ketones is 1. The third-order valence-corrected chi connectivity index (χ3v) is 4.45. The van der Waals surface area contributed by atoms with Gasteiger partial charge in [-0.3, -0.25) is 14.9 Å². The van der Waals surface area contributed by atoms with Gasteiger partial charge in [0.25, 0.3) is 5.69 Å². The third-order valence-electron chi connectivity index (χ3n) is 4.45. The minimum absolute atomic E-state index is 0.0514. The summed E-state index contributed by atoms with van der Waals surface area (Å²) >= 11 is 0. The van der Waals surface area contributed by atoms with Crippen molar-refractivity contribution in [2.24, 2.45) is 0 Å². The van der Waals surface area contributed by atoms with Crippen LogP contribution in [0.1, 0.15) is 31.8 Å². The van der Waals surface area contributed by atoms with E-state index in [1.165, 1.54) is 36.4 Å². The maximum atomic E-state index is 12.6. The summed E-state index contributed by atoms with van der Waals surface area (Å²) in [6.45, 7) is 0.172. The smallest absolute Gasteiger partial charge is 0.335 e. The minimum atomic E-state index is -1.02. The number of nitriles is 1. The fraction of sp³-hybridized carbons (Fsp3) is 0.0417. The number of nitro groups is 1. The summed E-state index contributed by atoms with van der Waals surface area (Å²) in [5.74, 6) is -1.11. The van der Waals surface area contributed by atoms with Gasteiger partial charge in [0.2, 0.25) is 5.78 Å².